The Hall–Kier alpha value is -3.44. The molecule has 0 fully saturated rings. The van der Waals surface area contributed by atoms with Crippen molar-refractivity contribution in [2.75, 3.05) is 20.3 Å². The third-order valence-corrected chi connectivity index (χ3v) is 5.40. The third kappa shape index (κ3) is 4.43. The maximum absolute atomic E-state index is 13.4. The highest BCUT2D eigenvalue weighted by atomic mass is 35.5. The largest absolute Gasteiger partial charge is 0.497 e. The van der Waals surface area contributed by atoms with Gasteiger partial charge in [0.1, 0.15) is 30.3 Å². The van der Waals surface area contributed by atoms with E-state index >= 15 is 0 Å². The summed E-state index contributed by atoms with van der Waals surface area (Å²) < 4.78 is 23.0. The van der Waals surface area contributed by atoms with Gasteiger partial charge >= 0.3 is 0 Å². The quantitative estimate of drug-likeness (QED) is 0.314. The number of ether oxygens (including phenoxy) is 3. The van der Waals surface area contributed by atoms with Crippen molar-refractivity contribution in [3.05, 3.63) is 87.0 Å². The molecule has 0 atom stereocenters. The number of aryl methyl sites for hydroxylation is 2. The lowest BCUT2D eigenvalue weighted by molar-refractivity contribution is 0.214. The van der Waals surface area contributed by atoms with Gasteiger partial charge in [-0.15, -0.1) is 0 Å². The van der Waals surface area contributed by atoms with Crippen LogP contribution in [-0.4, -0.2) is 20.3 Å². The van der Waals surface area contributed by atoms with Gasteiger partial charge in [0.05, 0.1) is 17.5 Å². The topological polar surface area (TPSA) is 57.9 Å². The highest BCUT2D eigenvalue weighted by molar-refractivity contribution is 6.33. The SMILES string of the molecule is COc1ccc(OCCOc2c(-c3ccccc3Cl)oc3cc(C)cc(C)c3c2=O)cc1. The first-order chi connectivity index (χ1) is 15.5. The fraction of sp³-hybridized carbons (Fsp3) is 0.192. The Kier molecular flexibility index (Phi) is 6.37. The predicted molar refractivity (Wildman–Crippen MR) is 126 cm³/mol. The normalized spacial score (nSPS) is 10.9. The van der Waals surface area contributed by atoms with E-state index < -0.39 is 0 Å². The van der Waals surface area contributed by atoms with Crippen LogP contribution in [0.25, 0.3) is 22.3 Å². The molecule has 0 saturated carbocycles. The van der Waals surface area contributed by atoms with Crippen molar-refractivity contribution in [2.24, 2.45) is 0 Å². The molecular weight excluding hydrogens is 428 g/mol. The van der Waals surface area contributed by atoms with E-state index in [2.05, 4.69) is 0 Å². The fourth-order valence-corrected chi connectivity index (χ4v) is 3.82. The van der Waals surface area contributed by atoms with Gasteiger partial charge in [-0.05, 0) is 67.4 Å². The van der Waals surface area contributed by atoms with Crippen LogP contribution in [0.4, 0.5) is 0 Å². The van der Waals surface area contributed by atoms with Crippen molar-refractivity contribution >= 4 is 22.6 Å². The number of halogens is 1. The van der Waals surface area contributed by atoms with Crippen LogP contribution in [0.2, 0.25) is 5.02 Å². The molecule has 0 N–H and O–H groups in total. The zero-order valence-electron chi connectivity index (χ0n) is 18.1. The molecule has 0 aliphatic carbocycles. The summed E-state index contributed by atoms with van der Waals surface area (Å²) in [5.74, 6) is 1.85. The smallest absolute Gasteiger partial charge is 0.235 e. The molecule has 0 aliphatic heterocycles. The van der Waals surface area contributed by atoms with Crippen LogP contribution in [0, 0.1) is 13.8 Å². The summed E-state index contributed by atoms with van der Waals surface area (Å²) in [4.78, 5) is 13.4. The molecule has 4 aromatic rings. The van der Waals surface area contributed by atoms with E-state index in [9.17, 15) is 4.79 Å². The minimum atomic E-state index is -0.233. The summed E-state index contributed by atoms with van der Waals surface area (Å²) in [6.07, 6.45) is 0. The second-order valence-electron chi connectivity index (χ2n) is 7.40. The van der Waals surface area contributed by atoms with Crippen LogP contribution >= 0.6 is 11.6 Å². The number of rotatable bonds is 7. The van der Waals surface area contributed by atoms with Gasteiger partial charge in [-0.25, -0.2) is 0 Å². The molecule has 3 aromatic carbocycles. The van der Waals surface area contributed by atoms with Gasteiger partial charge in [0, 0.05) is 5.56 Å². The van der Waals surface area contributed by atoms with E-state index in [0.29, 0.717) is 33.1 Å². The minimum absolute atomic E-state index is 0.121. The molecule has 0 unspecified atom stereocenters. The molecule has 164 valence electrons. The number of methoxy groups -OCH3 is 1. The summed E-state index contributed by atoms with van der Waals surface area (Å²) in [7, 11) is 1.61. The van der Waals surface area contributed by atoms with Gasteiger partial charge in [0.25, 0.3) is 0 Å². The molecule has 0 radical (unpaired) electrons. The summed E-state index contributed by atoms with van der Waals surface area (Å²) in [5, 5.41) is 0.969. The van der Waals surface area contributed by atoms with E-state index in [4.69, 9.17) is 30.2 Å². The number of fused-ring (bicyclic) bond motifs is 1. The Balaban J connectivity index is 1.67. The first-order valence-corrected chi connectivity index (χ1v) is 10.6. The zero-order chi connectivity index (χ0) is 22.7. The Labute approximate surface area is 191 Å². The summed E-state index contributed by atoms with van der Waals surface area (Å²) >= 11 is 6.41. The molecule has 5 nitrogen and oxygen atoms in total. The molecular formula is C26H23ClO5. The van der Waals surface area contributed by atoms with Crippen LogP contribution < -0.4 is 19.6 Å². The highest BCUT2D eigenvalue weighted by Crippen LogP contribution is 2.36. The maximum atomic E-state index is 13.4. The number of hydrogen-bond acceptors (Lipinski definition) is 5. The van der Waals surface area contributed by atoms with Gasteiger partial charge in [-0.3, -0.25) is 4.79 Å². The van der Waals surface area contributed by atoms with Crippen molar-refractivity contribution in [3.63, 3.8) is 0 Å². The van der Waals surface area contributed by atoms with Crippen molar-refractivity contribution in [1.82, 2.24) is 0 Å². The van der Waals surface area contributed by atoms with Crippen LogP contribution in [-0.2, 0) is 0 Å². The predicted octanol–water partition coefficient (Wildman–Crippen LogP) is 6.20. The van der Waals surface area contributed by atoms with E-state index in [-0.39, 0.29) is 24.4 Å². The van der Waals surface area contributed by atoms with Gasteiger partial charge in [-0.2, -0.15) is 0 Å². The van der Waals surface area contributed by atoms with Crippen LogP contribution in [0.5, 0.6) is 17.2 Å². The van der Waals surface area contributed by atoms with Gasteiger partial charge in [0.15, 0.2) is 5.76 Å². The first-order valence-electron chi connectivity index (χ1n) is 10.2. The average Bonchev–Trinajstić information content (AvgIpc) is 2.78. The lowest BCUT2D eigenvalue weighted by Crippen LogP contribution is -2.16. The van der Waals surface area contributed by atoms with Gasteiger partial charge in [0.2, 0.25) is 11.2 Å². The second-order valence-corrected chi connectivity index (χ2v) is 7.80. The molecule has 4 rings (SSSR count). The molecule has 0 amide bonds. The monoisotopic (exact) mass is 450 g/mol. The van der Waals surface area contributed by atoms with E-state index in [1.807, 2.05) is 62.4 Å². The third-order valence-electron chi connectivity index (χ3n) is 5.07. The Bertz CT molecular complexity index is 1310. The number of hydrogen-bond donors (Lipinski definition) is 0. The molecule has 32 heavy (non-hydrogen) atoms. The minimum Gasteiger partial charge on any atom is -0.497 e. The van der Waals surface area contributed by atoms with E-state index in [0.717, 1.165) is 16.9 Å². The van der Waals surface area contributed by atoms with Crippen molar-refractivity contribution in [1.29, 1.82) is 0 Å². The molecule has 1 heterocycles. The van der Waals surface area contributed by atoms with Crippen LogP contribution in [0.1, 0.15) is 11.1 Å². The van der Waals surface area contributed by atoms with Crippen molar-refractivity contribution < 1.29 is 18.6 Å². The molecule has 0 spiro atoms. The molecule has 0 saturated heterocycles. The van der Waals surface area contributed by atoms with E-state index in [1.165, 1.54) is 0 Å². The second kappa shape index (κ2) is 9.37. The molecule has 0 bridgehead atoms. The lowest BCUT2D eigenvalue weighted by atomic mass is 10.0. The summed E-state index contributed by atoms with van der Waals surface area (Å²) in [6.45, 7) is 4.25. The van der Waals surface area contributed by atoms with Gasteiger partial charge in [-0.1, -0.05) is 29.8 Å². The highest BCUT2D eigenvalue weighted by Gasteiger charge is 2.21. The van der Waals surface area contributed by atoms with Crippen molar-refractivity contribution in [2.45, 2.75) is 13.8 Å². The molecule has 1 aromatic heterocycles. The zero-order valence-corrected chi connectivity index (χ0v) is 18.9. The van der Waals surface area contributed by atoms with Crippen molar-refractivity contribution in [3.8, 4) is 28.6 Å². The summed E-state index contributed by atoms with van der Waals surface area (Å²) in [5.41, 5.74) is 2.70. The van der Waals surface area contributed by atoms with Crippen LogP contribution in [0.15, 0.2) is 69.9 Å². The first kappa shape index (κ1) is 21.8. The fourth-order valence-electron chi connectivity index (χ4n) is 3.60. The average molecular weight is 451 g/mol. The van der Waals surface area contributed by atoms with Gasteiger partial charge < -0.3 is 18.6 Å². The lowest BCUT2D eigenvalue weighted by Gasteiger charge is -2.14. The molecule has 0 aliphatic rings. The molecule has 6 heteroatoms. The Morgan fingerprint density at radius 2 is 1.59 bits per heavy atom. The number of benzene rings is 3. The Morgan fingerprint density at radius 3 is 2.31 bits per heavy atom. The van der Waals surface area contributed by atoms with E-state index in [1.54, 1.807) is 19.2 Å². The summed E-state index contributed by atoms with van der Waals surface area (Å²) in [6, 6.07) is 18.3. The van der Waals surface area contributed by atoms with Crippen LogP contribution in [0.3, 0.4) is 0 Å². The standard InChI is InChI=1S/C26H23ClO5/c1-16-14-17(2)23-22(15-16)32-25(20-6-4-5-7-21(20)27)26(24(23)28)31-13-12-30-19-10-8-18(29-3)9-11-19/h4-11,14-15H,12-13H2,1-3H3. The maximum Gasteiger partial charge on any atom is 0.235 e. The Morgan fingerprint density at radius 1 is 0.906 bits per heavy atom.